The van der Waals surface area contributed by atoms with Gasteiger partial charge >= 0.3 is 12.4 Å². The lowest BCUT2D eigenvalue weighted by Gasteiger charge is -2.24. The van der Waals surface area contributed by atoms with E-state index in [1.54, 1.807) is 0 Å². The molecule has 1 saturated carbocycles. The lowest BCUT2D eigenvalue weighted by atomic mass is 9.93. The molecule has 2 aliphatic carbocycles. The van der Waals surface area contributed by atoms with Crippen LogP contribution in [0, 0.1) is 35.3 Å². The summed E-state index contributed by atoms with van der Waals surface area (Å²) >= 11 is 6.64. The number of hydrogen-bond acceptors (Lipinski definition) is 10. The Morgan fingerprint density at radius 2 is 1.58 bits per heavy atom. The van der Waals surface area contributed by atoms with Crippen LogP contribution in [0.2, 0.25) is 5.02 Å². The van der Waals surface area contributed by atoms with Crippen LogP contribution in [0.3, 0.4) is 0 Å². The summed E-state index contributed by atoms with van der Waals surface area (Å²) in [6.07, 6.45) is -9.86. The highest BCUT2D eigenvalue weighted by molar-refractivity contribution is 7.93. The van der Waals surface area contributed by atoms with Crippen molar-refractivity contribution in [3.05, 3.63) is 93.0 Å². The average Bonchev–Trinajstić information content (AvgIpc) is 3.73. The number of amides is 2. The predicted octanol–water partition coefficient (Wildman–Crippen LogP) is 7.57. The van der Waals surface area contributed by atoms with Crippen molar-refractivity contribution in [3.8, 4) is 23.0 Å². The minimum absolute atomic E-state index is 0.0919. The molecule has 1 fully saturated rings. The number of halogens is 11. The topological polar surface area (TPSA) is 192 Å². The molecule has 7 rings (SSSR count). The van der Waals surface area contributed by atoms with Gasteiger partial charge in [0.1, 0.15) is 40.9 Å². The van der Waals surface area contributed by atoms with Gasteiger partial charge in [0.2, 0.25) is 15.9 Å². The number of fused-ring (bicyclic) bond motifs is 4. The van der Waals surface area contributed by atoms with Gasteiger partial charge in [-0.1, -0.05) is 37.4 Å². The molecular weight excluding hydrogens is 1030 g/mol. The minimum Gasteiger partial charge on any atom is -0.346 e. The van der Waals surface area contributed by atoms with Crippen molar-refractivity contribution >= 4 is 60.0 Å². The highest BCUT2D eigenvalue weighted by Crippen LogP contribution is 2.68. The second kappa shape index (κ2) is 18.1. The van der Waals surface area contributed by atoms with E-state index >= 15 is 8.78 Å². The number of hydrogen-bond donors (Lipinski definition) is 2. The first-order valence-corrected chi connectivity index (χ1v) is 25.2. The molecule has 71 heavy (non-hydrogen) atoms. The Morgan fingerprint density at radius 1 is 0.958 bits per heavy atom. The Bertz CT molecular complexity index is 3290. The van der Waals surface area contributed by atoms with E-state index in [1.165, 1.54) is 27.7 Å². The summed E-state index contributed by atoms with van der Waals surface area (Å²) in [7, 11) is -8.68. The number of rotatable bonds is 13. The third kappa shape index (κ3) is 10.5. The molecule has 2 aromatic carbocycles. The number of sulfonamides is 1. The number of nitrogens with one attached hydrogen (secondary N) is 1. The number of alkyl halides is 8. The molecule has 3 aromatic heterocycles. The molecule has 0 radical (unpaired) electrons. The second-order valence-corrected chi connectivity index (χ2v) is 23.0. The van der Waals surface area contributed by atoms with Crippen LogP contribution < -0.4 is 15.4 Å². The van der Waals surface area contributed by atoms with Gasteiger partial charge in [-0.3, -0.25) is 19.0 Å². The summed E-state index contributed by atoms with van der Waals surface area (Å²) in [6, 6.07) is 3.30. The zero-order valence-corrected chi connectivity index (χ0v) is 40.3. The van der Waals surface area contributed by atoms with Gasteiger partial charge in [0.05, 0.1) is 40.0 Å². The lowest BCUT2D eigenvalue weighted by molar-refractivity contribution is -0.143. The minimum atomic E-state index is -5.22. The first-order chi connectivity index (χ1) is 32.5. The van der Waals surface area contributed by atoms with Gasteiger partial charge in [0, 0.05) is 34.9 Å². The molecule has 5 aromatic rings. The molecular formula is C44H41ClF10N8O6S2. The van der Waals surface area contributed by atoms with E-state index in [1.807, 2.05) is 0 Å². The first kappa shape index (κ1) is 53.0. The number of carbonyl (C=O) groups excluding carboxylic acids is 2. The fraction of sp³-hybridized carbons (Fsp3) is 0.432. The van der Waals surface area contributed by atoms with Crippen LogP contribution in [0.25, 0.3) is 22.0 Å². The zero-order chi connectivity index (χ0) is 52.9. The average molecular weight is 1070 g/mol. The van der Waals surface area contributed by atoms with E-state index < -0.39 is 160 Å². The molecule has 3 N–H and O–H groups in total. The fourth-order valence-corrected chi connectivity index (χ4v) is 9.61. The summed E-state index contributed by atoms with van der Waals surface area (Å²) in [6.45, 7) is 2.15. The maximum Gasteiger partial charge on any atom is 0.435 e. The number of aromatic nitrogens is 5. The maximum atomic E-state index is 15.6. The van der Waals surface area contributed by atoms with Crippen LogP contribution in [-0.2, 0) is 61.1 Å². The maximum absolute atomic E-state index is 15.6. The van der Waals surface area contributed by atoms with E-state index in [0.29, 0.717) is 12.3 Å². The summed E-state index contributed by atoms with van der Waals surface area (Å²) in [5.74, 6) is -7.97. The zero-order valence-electron chi connectivity index (χ0n) is 37.9. The van der Waals surface area contributed by atoms with E-state index in [4.69, 9.17) is 17.3 Å². The molecule has 2 aliphatic rings. The van der Waals surface area contributed by atoms with Crippen LogP contribution in [0.1, 0.15) is 80.0 Å². The number of pyridine rings is 1. The molecule has 0 aliphatic heterocycles. The Kier molecular flexibility index (Phi) is 13.5. The smallest absolute Gasteiger partial charge is 0.346 e. The third-order valence-electron chi connectivity index (χ3n) is 12.0. The molecule has 27 heteroatoms. The molecule has 2 amide bonds. The lowest BCUT2D eigenvalue weighted by Crippen LogP contribution is -2.49. The molecule has 4 atom stereocenters. The van der Waals surface area contributed by atoms with Crippen molar-refractivity contribution in [2.24, 2.45) is 17.6 Å². The van der Waals surface area contributed by atoms with Gasteiger partial charge in [-0.25, -0.2) is 30.6 Å². The fourth-order valence-electron chi connectivity index (χ4n) is 8.25. The number of benzene rings is 2. The molecule has 1 unspecified atom stereocenters. The standard InChI is InChI=1S/C44H41ClF10N8O6S2/c1-20(2)34(56)40(65)63(71(6,68)69)39-33-29(45)10-9-26(36(33)62(60-39)19-42(48,49)50)25-8-7-24(11-12-41(3,4)70(5,66)67)57-35(25)30(15-21-13-22(46)16-23(47)14-21)58-31(64)18-61-38-32(37(59-61)44(53,54)55)27-17-28(27)43(38,51)52/h7-10,13-14,16,20,27-28,30,34H,15,17-19,56H2,1-6H3,(H,58,64)/t27-,28+,30-,34?/m0/s1. The summed E-state index contributed by atoms with van der Waals surface area (Å²) in [5, 5.41) is 8.74. The Labute approximate surface area is 403 Å². The van der Waals surface area contributed by atoms with Crippen molar-refractivity contribution in [2.45, 2.75) is 94.6 Å². The van der Waals surface area contributed by atoms with Gasteiger partial charge in [0.25, 0.3) is 11.8 Å². The van der Waals surface area contributed by atoms with Crippen LogP contribution in [-0.4, -0.2) is 82.7 Å². The van der Waals surface area contributed by atoms with Gasteiger partial charge in [0.15, 0.2) is 21.3 Å². The van der Waals surface area contributed by atoms with E-state index in [2.05, 4.69) is 32.3 Å². The molecule has 0 spiro atoms. The number of nitrogens with zero attached hydrogens (tertiary/aromatic N) is 6. The molecule has 14 nitrogen and oxygen atoms in total. The molecule has 382 valence electrons. The van der Waals surface area contributed by atoms with Gasteiger partial charge in [-0.2, -0.15) is 49.6 Å². The van der Waals surface area contributed by atoms with E-state index in [0.717, 1.165) is 42.7 Å². The quantitative estimate of drug-likeness (QED) is 0.0879. The number of nitrogens with two attached hydrogens (primary N) is 1. The SMILES string of the molecule is CC(C)C(N)C(=O)N(c1nn(CC(F)(F)F)c2c(-c3ccc(C#CC(C)(C)S(C)(=O)=O)nc3[C@H](Cc3cc(F)cc(F)c3)NC(=O)Cn3nc(C(F)(F)F)c4c3C(F)(F)[C@@H]3C[C@H]43)ccc(Cl)c12)S(C)(=O)=O. The monoisotopic (exact) mass is 1070 g/mol. The second-order valence-electron chi connectivity index (χ2n) is 18.2. The summed E-state index contributed by atoms with van der Waals surface area (Å²) < 4.78 is 198. The van der Waals surface area contributed by atoms with Crippen molar-refractivity contribution in [3.63, 3.8) is 0 Å². The molecule has 3 heterocycles. The van der Waals surface area contributed by atoms with Crippen LogP contribution in [0.5, 0.6) is 0 Å². The Balaban J connectivity index is 1.50. The normalized spacial score (nSPS) is 17.6. The Hall–Kier alpha value is -5.78. The van der Waals surface area contributed by atoms with Gasteiger partial charge in [-0.15, -0.1) is 0 Å². The molecule has 0 saturated heterocycles. The third-order valence-corrected chi connectivity index (χ3v) is 15.3. The highest BCUT2D eigenvalue weighted by atomic mass is 35.5. The van der Waals surface area contributed by atoms with Crippen molar-refractivity contribution in [1.82, 2.24) is 29.9 Å². The Morgan fingerprint density at radius 3 is 2.14 bits per heavy atom. The van der Waals surface area contributed by atoms with Crippen molar-refractivity contribution < 1.29 is 70.3 Å². The molecule has 0 bridgehead atoms. The van der Waals surface area contributed by atoms with Gasteiger partial charge in [-0.05, 0) is 80.3 Å². The van der Waals surface area contributed by atoms with Gasteiger partial charge < -0.3 is 11.1 Å². The number of anilines is 1. The van der Waals surface area contributed by atoms with Crippen LogP contribution in [0.15, 0.2) is 42.5 Å². The highest BCUT2D eigenvalue weighted by Gasteiger charge is 2.68. The largest absolute Gasteiger partial charge is 0.435 e. The van der Waals surface area contributed by atoms with Crippen molar-refractivity contribution in [1.29, 1.82) is 0 Å². The number of carbonyl (C=O) groups is 2. The van der Waals surface area contributed by atoms with E-state index in [-0.39, 0.29) is 42.5 Å². The predicted molar refractivity (Wildman–Crippen MR) is 238 cm³/mol. The van der Waals surface area contributed by atoms with Crippen LogP contribution in [0.4, 0.5) is 49.7 Å². The summed E-state index contributed by atoms with van der Waals surface area (Å²) in [4.78, 5) is 32.5. The first-order valence-electron chi connectivity index (χ1n) is 21.1. The number of sulfone groups is 1. The summed E-state index contributed by atoms with van der Waals surface area (Å²) in [5.41, 5.74) is 0.260. The van der Waals surface area contributed by atoms with Crippen LogP contribution >= 0.6 is 11.6 Å². The van der Waals surface area contributed by atoms with E-state index in [9.17, 15) is 61.5 Å². The van der Waals surface area contributed by atoms with Crippen molar-refractivity contribution in [2.75, 3.05) is 16.8 Å².